The Morgan fingerprint density at radius 1 is 1.30 bits per heavy atom. The molecule has 0 fully saturated rings. The third-order valence-electron chi connectivity index (χ3n) is 2.99. The van der Waals surface area contributed by atoms with E-state index in [4.69, 9.17) is 0 Å². The SMILES string of the molecule is CCCCC(=O)Nc1cc(-c2ccccn2)ccc1O. The maximum absolute atomic E-state index is 11.7. The molecule has 0 unspecified atom stereocenters. The van der Waals surface area contributed by atoms with Gasteiger partial charge in [0.25, 0.3) is 0 Å². The van der Waals surface area contributed by atoms with E-state index in [0.29, 0.717) is 12.1 Å². The van der Waals surface area contributed by atoms with Crippen molar-refractivity contribution in [2.24, 2.45) is 0 Å². The van der Waals surface area contributed by atoms with Crippen molar-refractivity contribution < 1.29 is 9.90 Å². The van der Waals surface area contributed by atoms with Crippen LogP contribution in [-0.4, -0.2) is 16.0 Å². The number of benzene rings is 1. The van der Waals surface area contributed by atoms with Crippen LogP contribution in [-0.2, 0) is 4.79 Å². The molecule has 0 aliphatic rings. The van der Waals surface area contributed by atoms with E-state index in [0.717, 1.165) is 24.1 Å². The van der Waals surface area contributed by atoms with E-state index in [-0.39, 0.29) is 11.7 Å². The Morgan fingerprint density at radius 3 is 2.85 bits per heavy atom. The highest BCUT2D eigenvalue weighted by atomic mass is 16.3. The van der Waals surface area contributed by atoms with Gasteiger partial charge in [-0.15, -0.1) is 0 Å². The number of carbonyl (C=O) groups excluding carboxylic acids is 1. The smallest absolute Gasteiger partial charge is 0.224 e. The number of rotatable bonds is 5. The normalized spacial score (nSPS) is 10.2. The summed E-state index contributed by atoms with van der Waals surface area (Å²) in [6.45, 7) is 2.03. The molecule has 2 N–H and O–H groups in total. The molecule has 0 saturated heterocycles. The Kier molecular flexibility index (Phi) is 4.71. The monoisotopic (exact) mass is 270 g/mol. The van der Waals surface area contributed by atoms with Crippen molar-refractivity contribution >= 4 is 11.6 Å². The van der Waals surface area contributed by atoms with Gasteiger partial charge in [-0.2, -0.15) is 0 Å². The summed E-state index contributed by atoms with van der Waals surface area (Å²) < 4.78 is 0. The van der Waals surface area contributed by atoms with E-state index in [1.165, 1.54) is 0 Å². The quantitative estimate of drug-likeness (QED) is 0.816. The van der Waals surface area contributed by atoms with Crippen molar-refractivity contribution in [2.75, 3.05) is 5.32 Å². The number of unbranched alkanes of at least 4 members (excludes halogenated alkanes) is 1. The van der Waals surface area contributed by atoms with Crippen LogP contribution in [0.2, 0.25) is 0 Å². The number of anilines is 1. The third-order valence-corrected chi connectivity index (χ3v) is 2.99. The van der Waals surface area contributed by atoms with Gasteiger partial charge in [-0.25, -0.2) is 0 Å². The lowest BCUT2D eigenvalue weighted by molar-refractivity contribution is -0.116. The summed E-state index contributed by atoms with van der Waals surface area (Å²) in [4.78, 5) is 16.0. The highest BCUT2D eigenvalue weighted by Gasteiger charge is 2.08. The van der Waals surface area contributed by atoms with E-state index in [1.54, 1.807) is 24.4 Å². The van der Waals surface area contributed by atoms with Gasteiger partial charge in [-0.1, -0.05) is 19.4 Å². The van der Waals surface area contributed by atoms with Gasteiger partial charge in [-0.3, -0.25) is 9.78 Å². The largest absolute Gasteiger partial charge is 0.506 e. The Morgan fingerprint density at radius 2 is 2.15 bits per heavy atom. The maximum Gasteiger partial charge on any atom is 0.224 e. The van der Waals surface area contributed by atoms with Crippen LogP contribution in [0, 0.1) is 0 Å². The summed E-state index contributed by atoms with van der Waals surface area (Å²) in [7, 11) is 0. The molecular formula is C16H18N2O2. The Hall–Kier alpha value is -2.36. The number of nitrogens with one attached hydrogen (secondary N) is 1. The lowest BCUT2D eigenvalue weighted by atomic mass is 10.1. The molecule has 0 bridgehead atoms. The Bertz CT molecular complexity index is 582. The van der Waals surface area contributed by atoms with E-state index < -0.39 is 0 Å². The molecule has 0 spiro atoms. The van der Waals surface area contributed by atoms with Crippen molar-refractivity contribution in [2.45, 2.75) is 26.2 Å². The second-order valence-corrected chi connectivity index (χ2v) is 4.60. The topological polar surface area (TPSA) is 62.2 Å². The van der Waals surface area contributed by atoms with Crippen molar-refractivity contribution in [3.63, 3.8) is 0 Å². The number of amides is 1. The highest BCUT2D eigenvalue weighted by Crippen LogP contribution is 2.29. The van der Waals surface area contributed by atoms with Crippen molar-refractivity contribution in [3.8, 4) is 17.0 Å². The molecule has 4 heteroatoms. The number of hydrogen-bond donors (Lipinski definition) is 2. The first kappa shape index (κ1) is 14.1. The predicted octanol–water partition coefficient (Wildman–Crippen LogP) is 3.58. The van der Waals surface area contributed by atoms with Crippen LogP contribution < -0.4 is 5.32 Å². The van der Waals surface area contributed by atoms with Gasteiger partial charge in [0.1, 0.15) is 5.75 Å². The van der Waals surface area contributed by atoms with E-state index >= 15 is 0 Å². The molecule has 0 aliphatic heterocycles. The molecular weight excluding hydrogens is 252 g/mol. The molecule has 2 aromatic rings. The summed E-state index contributed by atoms with van der Waals surface area (Å²) in [5.41, 5.74) is 2.08. The molecule has 0 radical (unpaired) electrons. The number of carbonyl (C=O) groups is 1. The predicted molar refractivity (Wildman–Crippen MR) is 79.5 cm³/mol. The number of aromatic nitrogens is 1. The van der Waals surface area contributed by atoms with Gasteiger partial charge < -0.3 is 10.4 Å². The van der Waals surface area contributed by atoms with Gasteiger partial charge in [0.2, 0.25) is 5.91 Å². The number of hydrogen-bond acceptors (Lipinski definition) is 3. The minimum atomic E-state index is -0.0830. The number of pyridine rings is 1. The Labute approximate surface area is 118 Å². The molecule has 1 aromatic carbocycles. The lowest BCUT2D eigenvalue weighted by Gasteiger charge is -2.09. The summed E-state index contributed by atoms with van der Waals surface area (Å²) >= 11 is 0. The number of phenols is 1. The van der Waals surface area contributed by atoms with Crippen LogP contribution in [0.25, 0.3) is 11.3 Å². The molecule has 4 nitrogen and oxygen atoms in total. The van der Waals surface area contributed by atoms with E-state index in [2.05, 4.69) is 10.3 Å². The second-order valence-electron chi connectivity index (χ2n) is 4.60. The minimum absolute atomic E-state index is 0.0644. The molecule has 104 valence electrons. The van der Waals surface area contributed by atoms with Gasteiger partial charge in [0.15, 0.2) is 0 Å². The molecule has 0 aliphatic carbocycles. The number of aromatic hydroxyl groups is 1. The van der Waals surface area contributed by atoms with Crippen LogP contribution in [0.3, 0.4) is 0 Å². The van der Waals surface area contributed by atoms with Crippen LogP contribution in [0.5, 0.6) is 5.75 Å². The zero-order valence-electron chi connectivity index (χ0n) is 11.5. The lowest BCUT2D eigenvalue weighted by Crippen LogP contribution is -2.11. The highest BCUT2D eigenvalue weighted by molar-refractivity contribution is 5.93. The zero-order chi connectivity index (χ0) is 14.4. The Balaban J connectivity index is 2.19. The zero-order valence-corrected chi connectivity index (χ0v) is 11.5. The molecule has 20 heavy (non-hydrogen) atoms. The van der Waals surface area contributed by atoms with Gasteiger partial charge in [0, 0.05) is 18.2 Å². The van der Waals surface area contributed by atoms with Crippen molar-refractivity contribution in [1.82, 2.24) is 4.98 Å². The number of nitrogens with zero attached hydrogens (tertiary/aromatic N) is 1. The first-order valence-electron chi connectivity index (χ1n) is 6.75. The van der Waals surface area contributed by atoms with Gasteiger partial charge in [0.05, 0.1) is 11.4 Å². The first-order chi connectivity index (χ1) is 9.70. The molecule has 1 amide bonds. The molecule has 0 saturated carbocycles. The standard InChI is InChI=1S/C16H18N2O2/c1-2-3-7-16(20)18-14-11-12(8-9-15(14)19)13-6-4-5-10-17-13/h4-6,8-11,19H,2-3,7H2,1H3,(H,18,20). The fourth-order valence-electron chi connectivity index (χ4n) is 1.88. The average molecular weight is 270 g/mol. The van der Waals surface area contributed by atoms with E-state index in [1.807, 2.05) is 25.1 Å². The minimum Gasteiger partial charge on any atom is -0.506 e. The van der Waals surface area contributed by atoms with Crippen molar-refractivity contribution in [3.05, 3.63) is 42.6 Å². The van der Waals surface area contributed by atoms with Gasteiger partial charge >= 0.3 is 0 Å². The average Bonchev–Trinajstić information content (AvgIpc) is 2.48. The van der Waals surface area contributed by atoms with Gasteiger partial charge in [-0.05, 0) is 36.8 Å². The van der Waals surface area contributed by atoms with E-state index in [9.17, 15) is 9.90 Å². The summed E-state index contributed by atoms with van der Waals surface area (Å²) in [6, 6.07) is 10.7. The molecule has 0 atom stereocenters. The van der Waals surface area contributed by atoms with Crippen LogP contribution >= 0.6 is 0 Å². The summed E-state index contributed by atoms with van der Waals surface area (Å²) in [5, 5.41) is 12.6. The third kappa shape index (κ3) is 3.57. The number of phenolic OH excluding ortho intramolecular Hbond substituents is 1. The second kappa shape index (κ2) is 6.70. The summed E-state index contributed by atoms with van der Waals surface area (Å²) in [5.74, 6) is -0.0187. The van der Waals surface area contributed by atoms with Crippen LogP contribution in [0.15, 0.2) is 42.6 Å². The van der Waals surface area contributed by atoms with Crippen LogP contribution in [0.4, 0.5) is 5.69 Å². The molecule has 1 heterocycles. The first-order valence-corrected chi connectivity index (χ1v) is 6.75. The molecule has 2 rings (SSSR count). The molecule has 1 aromatic heterocycles. The summed E-state index contributed by atoms with van der Waals surface area (Å²) in [6.07, 6.45) is 3.98. The van der Waals surface area contributed by atoms with Crippen molar-refractivity contribution in [1.29, 1.82) is 0 Å². The fraction of sp³-hybridized carbons (Fsp3) is 0.250. The van der Waals surface area contributed by atoms with Crippen LogP contribution in [0.1, 0.15) is 26.2 Å². The maximum atomic E-state index is 11.7. The fourth-order valence-corrected chi connectivity index (χ4v) is 1.88.